The monoisotopic (exact) mass is 275 g/mol. The summed E-state index contributed by atoms with van der Waals surface area (Å²) in [6.07, 6.45) is 0. The molecule has 2 aromatic rings. The first-order valence-corrected chi connectivity index (χ1v) is 6.39. The van der Waals surface area contributed by atoms with Gasteiger partial charge in [-0.05, 0) is 30.2 Å². The van der Waals surface area contributed by atoms with Gasteiger partial charge in [0.15, 0.2) is 11.6 Å². The molecule has 0 aliphatic carbocycles. The van der Waals surface area contributed by atoms with Crippen LogP contribution in [0.3, 0.4) is 0 Å². The number of benzene rings is 2. The number of hydrogen-bond acceptors (Lipinski definition) is 3. The molecule has 0 unspecified atom stereocenters. The number of aryl methyl sites for hydroxylation is 1. The summed E-state index contributed by atoms with van der Waals surface area (Å²) in [6, 6.07) is 10.7. The second-order valence-electron chi connectivity index (χ2n) is 4.53. The Labute approximate surface area is 118 Å². The minimum absolute atomic E-state index is 0.256. The lowest BCUT2D eigenvalue weighted by Crippen LogP contribution is -2.03. The van der Waals surface area contributed by atoms with Crippen LogP contribution in [0.5, 0.6) is 11.5 Å². The molecule has 4 heteroatoms. The fourth-order valence-electron chi connectivity index (χ4n) is 1.94. The van der Waals surface area contributed by atoms with Gasteiger partial charge in [-0.2, -0.15) is 0 Å². The summed E-state index contributed by atoms with van der Waals surface area (Å²) in [5.74, 6) is 0.656. The fourth-order valence-corrected chi connectivity index (χ4v) is 1.94. The molecule has 0 saturated carbocycles. The third-order valence-electron chi connectivity index (χ3n) is 3.12. The molecule has 0 fully saturated rings. The molecule has 106 valence electrons. The van der Waals surface area contributed by atoms with Gasteiger partial charge in [-0.1, -0.05) is 24.3 Å². The highest BCUT2D eigenvalue weighted by atomic mass is 19.1. The van der Waals surface area contributed by atoms with Crippen LogP contribution in [0.25, 0.3) is 0 Å². The summed E-state index contributed by atoms with van der Waals surface area (Å²) in [5, 5.41) is 0. The first-order chi connectivity index (χ1) is 9.65. The van der Waals surface area contributed by atoms with E-state index in [0.29, 0.717) is 12.1 Å². The molecular weight excluding hydrogens is 257 g/mol. The van der Waals surface area contributed by atoms with Gasteiger partial charge in [-0.25, -0.2) is 4.39 Å². The summed E-state index contributed by atoms with van der Waals surface area (Å²) < 4.78 is 24.6. The van der Waals surface area contributed by atoms with Crippen LogP contribution in [0.1, 0.15) is 16.7 Å². The summed E-state index contributed by atoms with van der Waals surface area (Å²) >= 11 is 0. The number of hydrogen-bond donors (Lipinski definition) is 1. The zero-order valence-electron chi connectivity index (χ0n) is 11.7. The maximum Gasteiger partial charge on any atom is 0.167 e. The van der Waals surface area contributed by atoms with E-state index in [4.69, 9.17) is 15.2 Å². The smallest absolute Gasteiger partial charge is 0.167 e. The maximum atomic E-state index is 13.8. The Kier molecular flexibility index (Phi) is 4.58. The molecule has 2 N–H and O–H groups in total. The van der Waals surface area contributed by atoms with Gasteiger partial charge in [0.2, 0.25) is 0 Å². The molecule has 0 atom stereocenters. The van der Waals surface area contributed by atoms with Crippen molar-refractivity contribution < 1.29 is 13.9 Å². The predicted molar refractivity (Wildman–Crippen MR) is 76.4 cm³/mol. The Morgan fingerprint density at radius 2 is 1.95 bits per heavy atom. The van der Waals surface area contributed by atoms with E-state index in [-0.39, 0.29) is 18.2 Å². The quantitative estimate of drug-likeness (QED) is 0.911. The lowest BCUT2D eigenvalue weighted by Gasteiger charge is -2.11. The van der Waals surface area contributed by atoms with E-state index in [9.17, 15) is 4.39 Å². The number of halogens is 1. The minimum atomic E-state index is -0.321. The van der Waals surface area contributed by atoms with E-state index < -0.39 is 0 Å². The molecule has 0 aliphatic rings. The summed E-state index contributed by atoms with van der Waals surface area (Å²) in [7, 11) is 1.60. The highest BCUT2D eigenvalue weighted by Gasteiger charge is 2.07. The number of ether oxygens (including phenoxy) is 2. The van der Waals surface area contributed by atoms with Crippen LogP contribution in [-0.4, -0.2) is 7.11 Å². The summed E-state index contributed by atoms with van der Waals surface area (Å²) in [5.41, 5.74) is 8.02. The first kappa shape index (κ1) is 14.3. The third-order valence-corrected chi connectivity index (χ3v) is 3.12. The van der Waals surface area contributed by atoms with Gasteiger partial charge in [-0.3, -0.25) is 0 Å². The standard InChI is InChI=1S/C16H18FNO2/c1-11-4-3-5-14(16(11)17)20-10-12-6-7-13(9-18)15(8-12)19-2/h3-8H,9-10,18H2,1-2H3. The van der Waals surface area contributed by atoms with Gasteiger partial charge in [-0.15, -0.1) is 0 Å². The highest BCUT2D eigenvalue weighted by Crippen LogP contribution is 2.23. The van der Waals surface area contributed by atoms with Crippen LogP contribution in [0.4, 0.5) is 4.39 Å². The average molecular weight is 275 g/mol. The molecular formula is C16H18FNO2. The van der Waals surface area contributed by atoms with Crippen LogP contribution in [0.15, 0.2) is 36.4 Å². The zero-order chi connectivity index (χ0) is 14.5. The summed E-state index contributed by atoms with van der Waals surface area (Å²) in [6.45, 7) is 2.40. The van der Waals surface area contributed by atoms with E-state index in [0.717, 1.165) is 16.9 Å². The van der Waals surface area contributed by atoms with Gasteiger partial charge in [0.25, 0.3) is 0 Å². The average Bonchev–Trinajstić information content (AvgIpc) is 2.48. The van der Waals surface area contributed by atoms with Gasteiger partial charge >= 0.3 is 0 Å². The van der Waals surface area contributed by atoms with Crippen molar-refractivity contribution in [2.45, 2.75) is 20.1 Å². The van der Waals surface area contributed by atoms with E-state index in [1.165, 1.54) is 0 Å². The van der Waals surface area contributed by atoms with E-state index in [1.807, 2.05) is 18.2 Å². The SMILES string of the molecule is COc1cc(COc2cccc(C)c2F)ccc1CN. The van der Waals surface area contributed by atoms with Crippen LogP contribution < -0.4 is 15.2 Å². The Hall–Kier alpha value is -2.07. The molecule has 3 nitrogen and oxygen atoms in total. The molecule has 0 heterocycles. The van der Waals surface area contributed by atoms with Gasteiger partial charge in [0.05, 0.1) is 7.11 Å². The molecule has 20 heavy (non-hydrogen) atoms. The Morgan fingerprint density at radius 3 is 2.65 bits per heavy atom. The maximum absolute atomic E-state index is 13.8. The molecule has 0 radical (unpaired) electrons. The number of rotatable bonds is 5. The molecule has 0 amide bonds. The second-order valence-corrected chi connectivity index (χ2v) is 4.53. The van der Waals surface area contributed by atoms with E-state index in [1.54, 1.807) is 32.2 Å². The topological polar surface area (TPSA) is 44.5 Å². The predicted octanol–water partition coefficient (Wildman–Crippen LogP) is 3.18. The van der Waals surface area contributed by atoms with Crippen LogP contribution >= 0.6 is 0 Å². The van der Waals surface area contributed by atoms with Crippen molar-refractivity contribution in [1.82, 2.24) is 0 Å². The van der Waals surface area contributed by atoms with Crippen LogP contribution in [-0.2, 0) is 13.2 Å². The Balaban J connectivity index is 2.13. The fraction of sp³-hybridized carbons (Fsp3) is 0.250. The van der Waals surface area contributed by atoms with Crippen molar-refractivity contribution in [2.75, 3.05) is 7.11 Å². The first-order valence-electron chi connectivity index (χ1n) is 6.39. The molecule has 2 aromatic carbocycles. The zero-order valence-corrected chi connectivity index (χ0v) is 11.7. The summed E-state index contributed by atoms with van der Waals surface area (Å²) in [4.78, 5) is 0. The van der Waals surface area contributed by atoms with Crippen molar-refractivity contribution in [2.24, 2.45) is 5.73 Å². The number of nitrogens with two attached hydrogens (primary N) is 1. The third kappa shape index (κ3) is 3.08. The van der Waals surface area contributed by atoms with Crippen LogP contribution in [0, 0.1) is 12.7 Å². The van der Waals surface area contributed by atoms with Crippen molar-refractivity contribution in [3.05, 3.63) is 58.9 Å². The van der Waals surface area contributed by atoms with Crippen molar-refractivity contribution in [1.29, 1.82) is 0 Å². The Bertz CT molecular complexity index is 599. The van der Waals surface area contributed by atoms with Crippen molar-refractivity contribution >= 4 is 0 Å². The second kappa shape index (κ2) is 6.39. The van der Waals surface area contributed by atoms with E-state index >= 15 is 0 Å². The molecule has 0 aromatic heterocycles. The van der Waals surface area contributed by atoms with Gasteiger partial charge < -0.3 is 15.2 Å². The van der Waals surface area contributed by atoms with Gasteiger partial charge in [0, 0.05) is 12.1 Å². The minimum Gasteiger partial charge on any atom is -0.496 e. The lowest BCUT2D eigenvalue weighted by atomic mass is 10.1. The van der Waals surface area contributed by atoms with E-state index in [2.05, 4.69) is 0 Å². The Morgan fingerprint density at radius 1 is 1.15 bits per heavy atom. The van der Waals surface area contributed by atoms with Crippen molar-refractivity contribution in [3.8, 4) is 11.5 Å². The molecule has 2 rings (SSSR count). The lowest BCUT2D eigenvalue weighted by molar-refractivity contribution is 0.289. The van der Waals surface area contributed by atoms with Gasteiger partial charge in [0.1, 0.15) is 12.4 Å². The number of methoxy groups -OCH3 is 1. The van der Waals surface area contributed by atoms with Crippen LogP contribution in [0.2, 0.25) is 0 Å². The normalized spacial score (nSPS) is 10.4. The molecule has 0 spiro atoms. The molecule has 0 saturated heterocycles. The van der Waals surface area contributed by atoms with Crippen molar-refractivity contribution in [3.63, 3.8) is 0 Å². The largest absolute Gasteiger partial charge is 0.496 e. The highest BCUT2D eigenvalue weighted by molar-refractivity contribution is 5.37. The molecule has 0 bridgehead atoms. The molecule has 0 aliphatic heterocycles.